The van der Waals surface area contributed by atoms with Crippen LogP contribution in [-0.4, -0.2) is 12.6 Å². The molecule has 2 nitrogen and oxygen atoms in total. The average molecular weight is 227 g/mol. The van der Waals surface area contributed by atoms with Crippen LogP contribution in [0, 0.1) is 0 Å². The highest BCUT2D eigenvalue weighted by Crippen LogP contribution is 2.23. The number of fused-ring (bicyclic) bond motifs is 1. The van der Waals surface area contributed by atoms with Crippen LogP contribution in [-0.2, 0) is 0 Å². The molecule has 1 aromatic carbocycles. The van der Waals surface area contributed by atoms with E-state index in [0.29, 0.717) is 0 Å². The minimum atomic E-state index is 0.763. The average Bonchev–Trinajstić information content (AvgIpc) is 3.10. The van der Waals surface area contributed by atoms with E-state index in [-0.39, 0.29) is 0 Å². The molecular formula is C15H17NO. The maximum atomic E-state index is 5.52. The van der Waals surface area contributed by atoms with Crippen molar-refractivity contribution >= 4 is 17.0 Å². The lowest BCUT2D eigenvalue weighted by Crippen LogP contribution is -2.18. The van der Waals surface area contributed by atoms with Crippen LogP contribution in [0.4, 0.5) is 0 Å². The van der Waals surface area contributed by atoms with Crippen LogP contribution in [0.15, 0.2) is 40.5 Å². The fourth-order valence-corrected chi connectivity index (χ4v) is 2.02. The van der Waals surface area contributed by atoms with E-state index in [2.05, 4.69) is 24.4 Å². The van der Waals surface area contributed by atoms with E-state index in [1.165, 1.54) is 29.4 Å². The SMILES string of the molecule is C/C(=C/c1coc2ccccc12)CNC1CC1. The lowest BCUT2D eigenvalue weighted by Gasteiger charge is -2.02. The quantitative estimate of drug-likeness (QED) is 0.863. The van der Waals surface area contributed by atoms with E-state index < -0.39 is 0 Å². The molecule has 88 valence electrons. The van der Waals surface area contributed by atoms with Gasteiger partial charge in [0.15, 0.2) is 0 Å². The lowest BCUT2D eigenvalue weighted by atomic mass is 10.1. The minimum Gasteiger partial charge on any atom is -0.464 e. The maximum absolute atomic E-state index is 5.52. The summed E-state index contributed by atoms with van der Waals surface area (Å²) < 4.78 is 5.52. The second-order valence-electron chi connectivity index (χ2n) is 4.83. The Morgan fingerprint density at radius 3 is 3.06 bits per heavy atom. The summed E-state index contributed by atoms with van der Waals surface area (Å²) in [4.78, 5) is 0. The van der Waals surface area contributed by atoms with Gasteiger partial charge in [-0.3, -0.25) is 0 Å². The fourth-order valence-electron chi connectivity index (χ4n) is 2.02. The molecule has 0 saturated heterocycles. The van der Waals surface area contributed by atoms with Gasteiger partial charge in [-0.05, 0) is 25.8 Å². The Hall–Kier alpha value is -1.54. The molecule has 0 aliphatic heterocycles. The van der Waals surface area contributed by atoms with Crippen LogP contribution in [0.3, 0.4) is 0 Å². The van der Waals surface area contributed by atoms with Crippen LogP contribution < -0.4 is 5.32 Å². The predicted octanol–water partition coefficient (Wildman–Crippen LogP) is 3.59. The number of rotatable bonds is 4. The van der Waals surface area contributed by atoms with Crippen LogP contribution in [0.5, 0.6) is 0 Å². The number of hydrogen-bond donors (Lipinski definition) is 1. The first-order valence-electron chi connectivity index (χ1n) is 6.20. The molecule has 17 heavy (non-hydrogen) atoms. The summed E-state index contributed by atoms with van der Waals surface area (Å²) in [6.07, 6.45) is 6.72. The first-order chi connectivity index (χ1) is 8.33. The van der Waals surface area contributed by atoms with Crippen LogP contribution in [0.2, 0.25) is 0 Å². The molecular weight excluding hydrogens is 210 g/mol. The molecule has 2 heteroatoms. The summed E-state index contributed by atoms with van der Waals surface area (Å²) in [5, 5.41) is 4.71. The first-order valence-corrected chi connectivity index (χ1v) is 6.20. The van der Waals surface area contributed by atoms with Gasteiger partial charge in [-0.25, -0.2) is 0 Å². The summed E-state index contributed by atoms with van der Waals surface area (Å²) in [5.74, 6) is 0. The molecule has 0 bridgehead atoms. The van der Waals surface area contributed by atoms with E-state index in [1.54, 1.807) is 0 Å². The number of para-hydroxylation sites is 1. The molecule has 2 aromatic rings. The molecule has 1 aliphatic carbocycles. The van der Waals surface area contributed by atoms with Gasteiger partial charge >= 0.3 is 0 Å². The molecule has 1 aromatic heterocycles. The molecule has 0 unspecified atom stereocenters. The second kappa shape index (κ2) is 4.38. The van der Waals surface area contributed by atoms with Crippen molar-refractivity contribution in [3.05, 3.63) is 41.7 Å². The Balaban J connectivity index is 1.80. The summed E-state index contributed by atoms with van der Waals surface area (Å²) in [6, 6.07) is 8.92. The molecule has 0 atom stereocenters. The zero-order chi connectivity index (χ0) is 11.7. The predicted molar refractivity (Wildman–Crippen MR) is 70.9 cm³/mol. The van der Waals surface area contributed by atoms with Gasteiger partial charge in [0.2, 0.25) is 0 Å². The molecule has 1 aliphatic rings. The third kappa shape index (κ3) is 2.42. The zero-order valence-corrected chi connectivity index (χ0v) is 10.1. The highest BCUT2D eigenvalue weighted by atomic mass is 16.3. The third-order valence-corrected chi connectivity index (χ3v) is 3.16. The molecule has 0 spiro atoms. The molecule has 0 radical (unpaired) electrons. The van der Waals surface area contributed by atoms with Gasteiger partial charge in [-0.1, -0.05) is 29.8 Å². The van der Waals surface area contributed by atoms with Crippen molar-refractivity contribution in [3.8, 4) is 0 Å². The lowest BCUT2D eigenvalue weighted by molar-refractivity contribution is 0.615. The zero-order valence-electron chi connectivity index (χ0n) is 10.1. The van der Waals surface area contributed by atoms with Crippen molar-refractivity contribution in [1.29, 1.82) is 0 Å². The Morgan fingerprint density at radius 2 is 2.24 bits per heavy atom. The van der Waals surface area contributed by atoms with Gasteiger partial charge in [-0.2, -0.15) is 0 Å². The Kier molecular flexibility index (Phi) is 2.73. The van der Waals surface area contributed by atoms with Crippen LogP contribution >= 0.6 is 0 Å². The van der Waals surface area contributed by atoms with Crippen molar-refractivity contribution in [3.63, 3.8) is 0 Å². The molecule has 1 N–H and O–H groups in total. The topological polar surface area (TPSA) is 25.2 Å². The van der Waals surface area contributed by atoms with Crippen LogP contribution in [0.25, 0.3) is 17.0 Å². The van der Waals surface area contributed by atoms with Gasteiger partial charge in [0.05, 0.1) is 6.26 Å². The van der Waals surface area contributed by atoms with Crippen molar-refractivity contribution in [2.24, 2.45) is 0 Å². The smallest absolute Gasteiger partial charge is 0.134 e. The summed E-state index contributed by atoms with van der Waals surface area (Å²) >= 11 is 0. The molecule has 0 amide bonds. The molecule has 1 saturated carbocycles. The summed E-state index contributed by atoms with van der Waals surface area (Å²) in [6.45, 7) is 3.14. The molecule has 3 rings (SSSR count). The van der Waals surface area contributed by atoms with E-state index in [0.717, 1.165) is 18.2 Å². The van der Waals surface area contributed by atoms with Gasteiger partial charge in [0.1, 0.15) is 5.58 Å². The standard InChI is InChI=1S/C15H17NO/c1-11(9-16-13-6-7-13)8-12-10-17-15-5-3-2-4-14(12)15/h2-5,8,10,13,16H,6-7,9H2,1H3/b11-8-. The highest BCUT2D eigenvalue weighted by Gasteiger charge is 2.19. The minimum absolute atomic E-state index is 0.763. The normalized spacial score (nSPS) is 16.6. The Morgan fingerprint density at radius 1 is 1.41 bits per heavy atom. The molecule has 1 fully saturated rings. The van der Waals surface area contributed by atoms with Crippen molar-refractivity contribution in [1.82, 2.24) is 5.32 Å². The van der Waals surface area contributed by atoms with Crippen LogP contribution in [0.1, 0.15) is 25.3 Å². The number of nitrogens with one attached hydrogen (secondary N) is 1. The van der Waals surface area contributed by atoms with Crippen molar-refractivity contribution < 1.29 is 4.42 Å². The summed E-state index contributed by atoms with van der Waals surface area (Å²) in [5.41, 5.74) is 3.49. The summed E-state index contributed by atoms with van der Waals surface area (Å²) in [7, 11) is 0. The number of benzene rings is 1. The maximum Gasteiger partial charge on any atom is 0.134 e. The number of hydrogen-bond acceptors (Lipinski definition) is 2. The Bertz CT molecular complexity index is 549. The highest BCUT2D eigenvalue weighted by molar-refractivity contribution is 5.87. The van der Waals surface area contributed by atoms with E-state index in [1.807, 2.05) is 24.5 Å². The van der Waals surface area contributed by atoms with E-state index in [4.69, 9.17) is 4.42 Å². The number of furan rings is 1. The monoisotopic (exact) mass is 227 g/mol. The largest absolute Gasteiger partial charge is 0.464 e. The Labute approximate surface area is 101 Å². The third-order valence-electron chi connectivity index (χ3n) is 3.16. The van der Waals surface area contributed by atoms with Crippen molar-refractivity contribution in [2.45, 2.75) is 25.8 Å². The van der Waals surface area contributed by atoms with E-state index >= 15 is 0 Å². The van der Waals surface area contributed by atoms with Gasteiger partial charge in [0.25, 0.3) is 0 Å². The van der Waals surface area contributed by atoms with E-state index in [9.17, 15) is 0 Å². The first kappa shape index (κ1) is 10.6. The van der Waals surface area contributed by atoms with Gasteiger partial charge in [0, 0.05) is 23.5 Å². The fraction of sp³-hybridized carbons (Fsp3) is 0.333. The van der Waals surface area contributed by atoms with Crippen molar-refractivity contribution in [2.75, 3.05) is 6.54 Å². The van der Waals surface area contributed by atoms with Gasteiger partial charge in [-0.15, -0.1) is 0 Å². The second-order valence-corrected chi connectivity index (χ2v) is 4.83. The van der Waals surface area contributed by atoms with Gasteiger partial charge < -0.3 is 9.73 Å². The molecule has 1 heterocycles.